The molecule has 0 aliphatic carbocycles. The van der Waals surface area contributed by atoms with E-state index in [1.165, 1.54) is 17.0 Å². The van der Waals surface area contributed by atoms with Gasteiger partial charge >= 0.3 is 0 Å². The van der Waals surface area contributed by atoms with Gasteiger partial charge in [-0.2, -0.15) is 0 Å². The van der Waals surface area contributed by atoms with Crippen molar-refractivity contribution in [2.45, 2.75) is 33.4 Å². The molecule has 0 amide bonds. The van der Waals surface area contributed by atoms with E-state index in [1.807, 2.05) is 0 Å². The first-order chi connectivity index (χ1) is 7.02. The summed E-state index contributed by atoms with van der Waals surface area (Å²) in [5.41, 5.74) is 9.86. The Kier molecular flexibility index (Phi) is 3.94. The predicted octanol–water partition coefficient (Wildman–Crippen LogP) is 1.69. The molecule has 0 spiro atoms. The van der Waals surface area contributed by atoms with Gasteiger partial charge in [-0.05, 0) is 46.5 Å². The maximum Gasteiger partial charge on any atom is 0.0482 e. The predicted molar refractivity (Wildman–Crippen MR) is 65.1 cm³/mol. The summed E-state index contributed by atoms with van der Waals surface area (Å²) in [6, 6.07) is 2.59. The lowest BCUT2D eigenvalue weighted by Crippen LogP contribution is -2.27. The SMILES string of the molecule is CCn1c(C)cc(C(CN)N(C)C)c1C. The number of nitrogens with zero attached hydrogens (tertiary/aromatic N) is 2. The van der Waals surface area contributed by atoms with Crippen molar-refractivity contribution in [1.82, 2.24) is 9.47 Å². The van der Waals surface area contributed by atoms with E-state index in [2.05, 4.69) is 50.4 Å². The Morgan fingerprint density at radius 3 is 2.33 bits per heavy atom. The fraction of sp³-hybridized carbons (Fsp3) is 0.667. The molecule has 1 aromatic heterocycles. The van der Waals surface area contributed by atoms with Crippen molar-refractivity contribution in [3.05, 3.63) is 23.0 Å². The summed E-state index contributed by atoms with van der Waals surface area (Å²) in [5, 5.41) is 0. The van der Waals surface area contributed by atoms with Crippen LogP contribution in [0.2, 0.25) is 0 Å². The molecule has 0 fully saturated rings. The molecule has 1 rings (SSSR count). The van der Waals surface area contributed by atoms with Crippen LogP contribution in [0.15, 0.2) is 6.07 Å². The third-order valence-corrected chi connectivity index (χ3v) is 3.13. The van der Waals surface area contributed by atoms with Crippen molar-refractivity contribution < 1.29 is 0 Å². The lowest BCUT2D eigenvalue weighted by Gasteiger charge is -2.23. The highest BCUT2D eigenvalue weighted by molar-refractivity contribution is 5.30. The quantitative estimate of drug-likeness (QED) is 0.819. The molecule has 0 aliphatic rings. The Bertz CT molecular complexity index is 326. The van der Waals surface area contributed by atoms with Gasteiger partial charge in [-0.3, -0.25) is 0 Å². The summed E-state index contributed by atoms with van der Waals surface area (Å²) in [5.74, 6) is 0. The maximum absolute atomic E-state index is 5.82. The molecular formula is C12H23N3. The third kappa shape index (κ3) is 2.24. The van der Waals surface area contributed by atoms with E-state index < -0.39 is 0 Å². The molecule has 0 aliphatic heterocycles. The number of aromatic nitrogens is 1. The van der Waals surface area contributed by atoms with Crippen LogP contribution in [-0.2, 0) is 6.54 Å². The smallest absolute Gasteiger partial charge is 0.0482 e. The van der Waals surface area contributed by atoms with Gasteiger partial charge < -0.3 is 15.2 Å². The van der Waals surface area contributed by atoms with Crippen LogP contribution in [0.5, 0.6) is 0 Å². The van der Waals surface area contributed by atoms with Crippen molar-refractivity contribution >= 4 is 0 Å². The zero-order valence-electron chi connectivity index (χ0n) is 10.5. The van der Waals surface area contributed by atoms with E-state index in [0.29, 0.717) is 12.6 Å². The molecule has 0 saturated carbocycles. The van der Waals surface area contributed by atoms with Crippen molar-refractivity contribution in [1.29, 1.82) is 0 Å². The van der Waals surface area contributed by atoms with Crippen LogP contribution in [0.3, 0.4) is 0 Å². The molecular weight excluding hydrogens is 186 g/mol. The molecule has 0 radical (unpaired) electrons. The Morgan fingerprint density at radius 2 is 2.00 bits per heavy atom. The zero-order chi connectivity index (χ0) is 11.6. The van der Waals surface area contributed by atoms with Crippen LogP contribution in [0.1, 0.15) is 29.9 Å². The molecule has 1 heterocycles. The molecule has 1 atom stereocenters. The maximum atomic E-state index is 5.82. The number of hydrogen-bond donors (Lipinski definition) is 1. The second kappa shape index (κ2) is 4.81. The second-order valence-electron chi connectivity index (χ2n) is 4.29. The molecule has 1 aromatic rings. The highest BCUT2D eigenvalue weighted by Gasteiger charge is 2.18. The summed E-state index contributed by atoms with van der Waals surface area (Å²) < 4.78 is 2.33. The third-order valence-electron chi connectivity index (χ3n) is 3.13. The second-order valence-corrected chi connectivity index (χ2v) is 4.29. The minimum atomic E-state index is 0.330. The number of likely N-dealkylation sites (N-methyl/N-ethyl adjacent to an activating group) is 1. The fourth-order valence-electron chi connectivity index (χ4n) is 2.27. The average Bonchev–Trinajstić information content (AvgIpc) is 2.43. The highest BCUT2D eigenvalue weighted by Crippen LogP contribution is 2.24. The van der Waals surface area contributed by atoms with E-state index in [4.69, 9.17) is 5.73 Å². The van der Waals surface area contributed by atoms with Crippen LogP contribution < -0.4 is 5.73 Å². The monoisotopic (exact) mass is 209 g/mol. The summed E-state index contributed by atoms with van der Waals surface area (Å²) in [6.45, 7) is 8.21. The normalized spacial score (nSPS) is 13.5. The van der Waals surface area contributed by atoms with Gasteiger partial charge in [0, 0.05) is 30.5 Å². The molecule has 86 valence electrons. The van der Waals surface area contributed by atoms with Gasteiger partial charge in [-0.15, -0.1) is 0 Å². The lowest BCUT2D eigenvalue weighted by atomic mass is 10.1. The first kappa shape index (κ1) is 12.3. The van der Waals surface area contributed by atoms with Gasteiger partial charge in [-0.1, -0.05) is 0 Å². The summed E-state index contributed by atoms with van der Waals surface area (Å²) in [6.07, 6.45) is 0. The van der Waals surface area contributed by atoms with E-state index in [0.717, 1.165) is 6.54 Å². The number of hydrogen-bond acceptors (Lipinski definition) is 2. The Morgan fingerprint density at radius 1 is 1.40 bits per heavy atom. The van der Waals surface area contributed by atoms with Crippen molar-refractivity contribution in [2.24, 2.45) is 5.73 Å². The number of nitrogens with two attached hydrogens (primary N) is 1. The van der Waals surface area contributed by atoms with E-state index in [9.17, 15) is 0 Å². The number of rotatable bonds is 4. The van der Waals surface area contributed by atoms with Gasteiger partial charge in [0.2, 0.25) is 0 Å². The van der Waals surface area contributed by atoms with Gasteiger partial charge in [-0.25, -0.2) is 0 Å². The van der Waals surface area contributed by atoms with Crippen molar-refractivity contribution in [3.8, 4) is 0 Å². The molecule has 0 aromatic carbocycles. The zero-order valence-corrected chi connectivity index (χ0v) is 10.5. The summed E-state index contributed by atoms with van der Waals surface area (Å²) in [7, 11) is 4.16. The Labute approximate surface area is 92.9 Å². The topological polar surface area (TPSA) is 34.2 Å². The van der Waals surface area contributed by atoms with E-state index >= 15 is 0 Å². The van der Waals surface area contributed by atoms with Gasteiger partial charge in [0.05, 0.1) is 0 Å². The molecule has 1 unspecified atom stereocenters. The minimum Gasteiger partial charge on any atom is -0.349 e. The standard InChI is InChI=1S/C12H23N3/c1-6-15-9(2)7-11(10(15)3)12(8-13)14(4)5/h7,12H,6,8,13H2,1-5H3. The average molecular weight is 209 g/mol. The lowest BCUT2D eigenvalue weighted by molar-refractivity contribution is 0.305. The molecule has 15 heavy (non-hydrogen) atoms. The van der Waals surface area contributed by atoms with Crippen LogP contribution in [0, 0.1) is 13.8 Å². The molecule has 3 heteroatoms. The molecule has 2 N–H and O–H groups in total. The first-order valence-electron chi connectivity index (χ1n) is 5.56. The van der Waals surface area contributed by atoms with Gasteiger partial charge in [0.1, 0.15) is 0 Å². The molecule has 3 nitrogen and oxygen atoms in total. The van der Waals surface area contributed by atoms with Crippen LogP contribution in [0.4, 0.5) is 0 Å². The van der Waals surface area contributed by atoms with Crippen LogP contribution in [-0.4, -0.2) is 30.1 Å². The number of aryl methyl sites for hydroxylation is 1. The van der Waals surface area contributed by atoms with Gasteiger partial charge in [0.15, 0.2) is 0 Å². The minimum absolute atomic E-state index is 0.330. The van der Waals surface area contributed by atoms with E-state index in [1.54, 1.807) is 0 Å². The molecule has 0 bridgehead atoms. The summed E-state index contributed by atoms with van der Waals surface area (Å²) >= 11 is 0. The fourth-order valence-corrected chi connectivity index (χ4v) is 2.27. The Balaban J connectivity index is 3.13. The van der Waals surface area contributed by atoms with Crippen molar-refractivity contribution in [2.75, 3.05) is 20.6 Å². The Hall–Kier alpha value is -0.800. The largest absolute Gasteiger partial charge is 0.349 e. The molecule has 0 saturated heterocycles. The highest BCUT2D eigenvalue weighted by atomic mass is 15.1. The van der Waals surface area contributed by atoms with Crippen LogP contribution in [0.25, 0.3) is 0 Å². The first-order valence-corrected chi connectivity index (χ1v) is 5.56. The van der Waals surface area contributed by atoms with E-state index in [-0.39, 0.29) is 0 Å². The summed E-state index contributed by atoms with van der Waals surface area (Å²) in [4.78, 5) is 2.18. The van der Waals surface area contributed by atoms with Crippen molar-refractivity contribution in [3.63, 3.8) is 0 Å². The van der Waals surface area contributed by atoms with Crippen LogP contribution >= 0.6 is 0 Å². The van der Waals surface area contributed by atoms with Gasteiger partial charge in [0.25, 0.3) is 0 Å².